The normalized spacial score (nSPS) is 10.9. The maximum Gasteiger partial charge on any atom is 0.347 e. The fourth-order valence-corrected chi connectivity index (χ4v) is 2.06. The molecule has 1 amide bonds. The summed E-state index contributed by atoms with van der Waals surface area (Å²) in [6.45, 7) is 3.40. The van der Waals surface area contributed by atoms with Crippen LogP contribution in [0.5, 0.6) is 5.75 Å². The number of rotatable bonds is 7. The third kappa shape index (κ3) is 5.12. The van der Waals surface area contributed by atoms with Crippen LogP contribution in [0, 0.1) is 0 Å². The van der Waals surface area contributed by atoms with Crippen molar-refractivity contribution in [1.29, 1.82) is 0 Å². The van der Waals surface area contributed by atoms with Gasteiger partial charge in [0.15, 0.2) is 5.60 Å². The lowest BCUT2D eigenvalue weighted by atomic mass is 10.1. The Hall–Kier alpha value is -2.82. The Morgan fingerprint density at radius 3 is 2.21 bits per heavy atom. The molecule has 0 aliphatic heterocycles. The highest BCUT2D eigenvalue weighted by Gasteiger charge is 2.29. The summed E-state index contributed by atoms with van der Waals surface area (Å²) in [5.41, 5.74) is 0.595. The van der Waals surface area contributed by atoms with Crippen LogP contribution in [0.1, 0.15) is 25.0 Å². The number of nitrogens with one attached hydrogen (secondary N) is 1. The molecule has 0 spiro atoms. The average Bonchev–Trinajstić information content (AvgIpc) is 2.55. The van der Waals surface area contributed by atoms with Crippen molar-refractivity contribution >= 4 is 11.9 Å². The van der Waals surface area contributed by atoms with Crippen molar-refractivity contribution in [3.05, 3.63) is 65.7 Å². The van der Waals surface area contributed by atoms with Gasteiger partial charge < -0.3 is 15.2 Å². The summed E-state index contributed by atoms with van der Waals surface area (Å²) >= 11 is 0. The number of aliphatic carboxylic acids is 1. The monoisotopic (exact) mass is 327 g/mol. The van der Waals surface area contributed by atoms with Crippen LogP contribution in [0.25, 0.3) is 0 Å². The minimum atomic E-state index is -1.29. The number of hydrogen-bond acceptors (Lipinski definition) is 3. The molecule has 0 saturated carbocycles. The summed E-state index contributed by atoms with van der Waals surface area (Å²) in [7, 11) is 0. The predicted octanol–water partition coefficient (Wildman–Crippen LogP) is 2.79. The summed E-state index contributed by atoms with van der Waals surface area (Å²) in [4.78, 5) is 23.0. The van der Waals surface area contributed by atoms with E-state index in [0.717, 1.165) is 11.1 Å². The lowest BCUT2D eigenvalue weighted by Crippen LogP contribution is -2.37. The Morgan fingerprint density at radius 2 is 1.62 bits per heavy atom. The van der Waals surface area contributed by atoms with Gasteiger partial charge in [-0.25, -0.2) is 4.79 Å². The van der Waals surface area contributed by atoms with Crippen molar-refractivity contribution in [2.45, 2.75) is 32.4 Å². The van der Waals surface area contributed by atoms with Gasteiger partial charge in [-0.3, -0.25) is 4.79 Å². The van der Waals surface area contributed by atoms with E-state index < -0.39 is 11.6 Å². The van der Waals surface area contributed by atoms with Crippen LogP contribution in [0.15, 0.2) is 54.6 Å². The van der Waals surface area contributed by atoms with Crippen LogP contribution in [-0.4, -0.2) is 22.6 Å². The molecule has 0 fully saturated rings. The minimum absolute atomic E-state index is 0.0477. The number of carbonyl (C=O) groups excluding carboxylic acids is 1. The van der Waals surface area contributed by atoms with Crippen LogP contribution < -0.4 is 10.1 Å². The number of carboxylic acid groups (broad SMARTS) is 1. The highest BCUT2D eigenvalue weighted by Crippen LogP contribution is 2.19. The molecule has 2 N–H and O–H groups in total. The van der Waals surface area contributed by atoms with E-state index in [4.69, 9.17) is 9.84 Å². The second kappa shape index (κ2) is 7.64. The summed E-state index contributed by atoms with van der Waals surface area (Å²) in [6.07, 6.45) is 0.342. The summed E-state index contributed by atoms with van der Waals surface area (Å²) in [5.74, 6) is -0.602. The Bertz CT molecular complexity index is 693. The fraction of sp³-hybridized carbons (Fsp3) is 0.263. The number of benzene rings is 2. The Morgan fingerprint density at radius 1 is 1.00 bits per heavy atom. The van der Waals surface area contributed by atoms with E-state index in [1.54, 1.807) is 24.3 Å². The van der Waals surface area contributed by atoms with Gasteiger partial charge in [0.05, 0.1) is 6.42 Å². The third-order valence-electron chi connectivity index (χ3n) is 3.51. The molecule has 0 aliphatic carbocycles. The second-order valence-corrected chi connectivity index (χ2v) is 6.00. The number of amides is 1. The molecule has 0 bridgehead atoms. The zero-order valence-electron chi connectivity index (χ0n) is 13.8. The summed E-state index contributed by atoms with van der Waals surface area (Å²) in [5, 5.41) is 11.9. The van der Waals surface area contributed by atoms with E-state index in [1.165, 1.54) is 13.8 Å². The maximum atomic E-state index is 11.9. The van der Waals surface area contributed by atoms with E-state index >= 15 is 0 Å². The van der Waals surface area contributed by atoms with Crippen LogP contribution in [0.3, 0.4) is 0 Å². The van der Waals surface area contributed by atoms with Crippen molar-refractivity contribution in [2.24, 2.45) is 0 Å². The van der Waals surface area contributed by atoms with Gasteiger partial charge in [-0.05, 0) is 37.1 Å². The molecule has 2 rings (SSSR count). The number of ether oxygens (including phenoxy) is 1. The van der Waals surface area contributed by atoms with Gasteiger partial charge in [0.25, 0.3) is 0 Å². The molecule has 0 radical (unpaired) electrons. The van der Waals surface area contributed by atoms with Crippen molar-refractivity contribution in [3.8, 4) is 5.75 Å². The minimum Gasteiger partial charge on any atom is -0.478 e. The van der Waals surface area contributed by atoms with Gasteiger partial charge in [0.2, 0.25) is 5.91 Å². The quantitative estimate of drug-likeness (QED) is 0.820. The van der Waals surface area contributed by atoms with E-state index in [2.05, 4.69) is 5.32 Å². The Kier molecular flexibility index (Phi) is 5.58. The molecule has 5 heteroatoms. The molecule has 0 unspecified atom stereocenters. The van der Waals surface area contributed by atoms with Gasteiger partial charge in [-0.15, -0.1) is 0 Å². The van der Waals surface area contributed by atoms with Crippen LogP contribution in [-0.2, 0) is 22.6 Å². The molecule has 0 aliphatic rings. The Balaban J connectivity index is 1.85. The molecule has 2 aromatic carbocycles. The molecule has 5 nitrogen and oxygen atoms in total. The van der Waals surface area contributed by atoms with Gasteiger partial charge in [-0.2, -0.15) is 0 Å². The first-order valence-electron chi connectivity index (χ1n) is 7.69. The molecular formula is C19H21NO4. The van der Waals surface area contributed by atoms with E-state index in [9.17, 15) is 9.59 Å². The van der Waals surface area contributed by atoms with E-state index in [0.29, 0.717) is 18.7 Å². The summed E-state index contributed by atoms with van der Waals surface area (Å²) < 4.78 is 5.44. The number of carbonyl (C=O) groups is 2. The van der Waals surface area contributed by atoms with Crippen molar-refractivity contribution < 1.29 is 19.4 Å². The molecule has 126 valence electrons. The first-order valence-corrected chi connectivity index (χ1v) is 7.69. The maximum absolute atomic E-state index is 11.9. The first kappa shape index (κ1) is 17.5. The first-order chi connectivity index (χ1) is 11.4. The SMILES string of the molecule is CC(C)(Oc1ccc(CNC(=O)Cc2ccccc2)cc1)C(=O)O. The predicted molar refractivity (Wildman–Crippen MR) is 90.8 cm³/mol. The van der Waals surface area contributed by atoms with Gasteiger partial charge in [-0.1, -0.05) is 42.5 Å². The number of hydrogen-bond donors (Lipinski definition) is 2. The molecule has 0 heterocycles. The van der Waals surface area contributed by atoms with E-state index in [-0.39, 0.29) is 5.91 Å². The van der Waals surface area contributed by atoms with Crippen molar-refractivity contribution in [2.75, 3.05) is 0 Å². The average molecular weight is 327 g/mol. The van der Waals surface area contributed by atoms with Crippen LogP contribution in [0.2, 0.25) is 0 Å². The highest BCUT2D eigenvalue weighted by molar-refractivity contribution is 5.78. The molecule has 24 heavy (non-hydrogen) atoms. The number of carboxylic acids is 1. The van der Waals surface area contributed by atoms with Crippen molar-refractivity contribution in [1.82, 2.24) is 5.32 Å². The van der Waals surface area contributed by atoms with Crippen LogP contribution >= 0.6 is 0 Å². The van der Waals surface area contributed by atoms with E-state index in [1.807, 2.05) is 30.3 Å². The smallest absolute Gasteiger partial charge is 0.347 e. The van der Waals surface area contributed by atoms with Gasteiger partial charge >= 0.3 is 5.97 Å². The second-order valence-electron chi connectivity index (χ2n) is 6.00. The fourth-order valence-electron chi connectivity index (χ4n) is 2.06. The zero-order chi connectivity index (χ0) is 17.6. The largest absolute Gasteiger partial charge is 0.478 e. The Labute approximate surface area is 141 Å². The standard InChI is InChI=1S/C19H21NO4/c1-19(2,18(22)23)24-16-10-8-15(9-11-16)13-20-17(21)12-14-6-4-3-5-7-14/h3-11H,12-13H2,1-2H3,(H,20,21)(H,22,23). The highest BCUT2D eigenvalue weighted by atomic mass is 16.5. The molecule has 0 saturated heterocycles. The molecule has 2 aromatic rings. The lowest BCUT2D eigenvalue weighted by Gasteiger charge is -2.21. The van der Waals surface area contributed by atoms with Gasteiger partial charge in [0, 0.05) is 6.54 Å². The van der Waals surface area contributed by atoms with Crippen LogP contribution in [0.4, 0.5) is 0 Å². The third-order valence-corrected chi connectivity index (χ3v) is 3.51. The molecular weight excluding hydrogens is 306 g/mol. The van der Waals surface area contributed by atoms with Crippen molar-refractivity contribution in [3.63, 3.8) is 0 Å². The molecule has 0 aromatic heterocycles. The van der Waals surface area contributed by atoms with Gasteiger partial charge in [0.1, 0.15) is 5.75 Å². The zero-order valence-corrected chi connectivity index (χ0v) is 13.8. The lowest BCUT2D eigenvalue weighted by molar-refractivity contribution is -0.152. The summed E-state index contributed by atoms with van der Waals surface area (Å²) in [6, 6.07) is 16.5. The topological polar surface area (TPSA) is 75.6 Å². The molecule has 0 atom stereocenters.